The minimum absolute atomic E-state index is 0.0489. The zero-order valence-corrected chi connectivity index (χ0v) is 9.34. The minimum Gasteiger partial charge on any atom is -0.465 e. The number of carbonyl (C=O) groups excluding carboxylic acids is 1. The second-order valence-corrected chi connectivity index (χ2v) is 3.58. The Morgan fingerprint density at radius 3 is 2.41 bits per heavy atom. The second kappa shape index (κ2) is 4.75. The molecule has 0 amide bonds. The first-order valence-corrected chi connectivity index (χ1v) is 4.82. The molecule has 0 aliphatic carbocycles. The molecule has 94 valence electrons. The molecule has 1 rings (SSSR count). The lowest BCUT2D eigenvalue weighted by Gasteiger charge is -2.16. The number of halogens is 3. The van der Waals surface area contributed by atoms with Crippen molar-refractivity contribution in [1.29, 1.82) is 0 Å². The highest BCUT2D eigenvalue weighted by molar-refractivity contribution is 5.89. The Hall–Kier alpha value is -1.56. The fraction of sp³-hybridized carbons (Fsp3) is 0.364. The van der Waals surface area contributed by atoms with Crippen LogP contribution in [0.25, 0.3) is 0 Å². The smallest absolute Gasteiger partial charge is 0.416 e. The summed E-state index contributed by atoms with van der Waals surface area (Å²) in [6.07, 6.45) is -4.49. The van der Waals surface area contributed by atoms with Gasteiger partial charge < -0.3 is 10.5 Å². The highest BCUT2D eigenvalue weighted by Gasteiger charge is 2.34. The lowest BCUT2D eigenvalue weighted by Crippen LogP contribution is -2.16. The van der Waals surface area contributed by atoms with E-state index in [1.165, 1.54) is 6.92 Å². The average molecular weight is 247 g/mol. The Kier molecular flexibility index (Phi) is 3.77. The Bertz CT molecular complexity index is 427. The highest BCUT2D eigenvalue weighted by Crippen LogP contribution is 2.34. The van der Waals surface area contributed by atoms with Gasteiger partial charge in [-0.1, -0.05) is 0 Å². The van der Waals surface area contributed by atoms with E-state index < -0.39 is 23.8 Å². The van der Waals surface area contributed by atoms with E-state index in [-0.39, 0.29) is 11.1 Å². The predicted octanol–water partition coefficient (Wildman–Crippen LogP) is 2.51. The molecule has 0 saturated carbocycles. The Morgan fingerprint density at radius 2 is 2.00 bits per heavy atom. The SMILES string of the molecule is COC(=O)c1ccc(C(F)(F)F)c(C(C)N)c1. The van der Waals surface area contributed by atoms with E-state index in [9.17, 15) is 18.0 Å². The summed E-state index contributed by atoms with van der Waals surface area (Å²) in [7, 11) is 1.16. The largest absolute Gasteiger partial charge is 0.465 e. The number of ether oxygens (including phenoxy) is 1. The zero-order chi connectivity index (χ0) is 13.2. The average Bonchev–Trinajstić information content (AvgIpc) is 2.25. The maximum absolute atomic E-state index is 12.7. The van der Waals surface area contributed by atoms with Gasteiger partial charge in [-0.15, -0.1) is 0 Å². The van der Waals surface area contributed by atoms with Gasteiger partial charge in [0.1, 0.15) is 0 Å². The molecule has 0 aliphatic heterocycles. The topological polar surface area (TPSA) is 52.3 Å². The van der Waals surface area contributed by atoms with Gasteiger partial charge in [0.05, 0.1) is 18.2 Å². The van der Waals surface area contributed by atoms with E-state index in [4.69, 9.17) is 5.73 Å². The van der Waals surface area contributed by atoms with Crippen LogP contribution in [0.5, 0.6) is 0 Å². The summed E-state index contributed by atoms with van der Waals surface area (Å²) in [5, 5.41) is 0. The van der Waals surface area contributed by atoms with E-state index in [1.54, 1.807) is 0 Å². The number of rotatable bonds is 2. The number of benzene rings is 1. The monoisotopic (exact) mass is 247 g/mol. The third kappa shape index (κ3) is 2.97. The highest BCUT2D eigenvalue weighted by atomic mass is 19.4. The minimum atomic E-state index is -4.49. The van der Waals surface area contributed by atoms with E-state index in [0.717, 1.165) is 25.3 Å². The van der Waals surface area contributed by atoms with E-state index in [0.29, 0.717) is 0 Å². The van der Waals surface area contributed by atoms with E-state index in [1.807, 2.05) is 0 Å². The van der Waals surface area contributed by atoms with Crippen LogP contribution in [0.1, 0.15) is 34.5 Å². The molecule has 0 bridgehead atoms. The second-order valence-electron chi connectivity index (χ2n) is 3.58. The fourth-order valence-corrected chi connectivity index (χ4v) is 1.44. The van der Waals surface area contributed by atoms with Crippen LogP contribution in [-0.4, -0.2) is 13.1 Å². The van der Waals surface area contributed by atoms with Crippen LogP contribution in [-0.2, 0) is 10.9 Å². The van der Waals surface area contributed by atoms with Crippen LogP contribution in [0.3, 0.4) is 0 Å². The zero-order valence-electron chi connectivity index (χ0n) is 9.34. The summed E-state index contributed by atoms with van der Waals surface area (Å²) in [5.41, 5.74) is 4.56. The lowest BCUT2D eigenvalue weighted by molar-refractivity contribution is -0.138. The first-order valence-electron chi connectivity index (χ1n) is 4.82. The molecule has 1 aromatic rings. The van der Waals surface area contributed by atoms with Gasteiger partial charge in [-0.3, -0.25) is 0 Å². The van der Waals surface area contributed by atoms with Gasteiger partial charge in [-0.2, -0.15) is 13.2 Å². The van der Waals surface area contributed by atoms with Crippen molar-refractivity contribution in [1.82, 2.24) is 0 Å². The third-order valence-electron chi connectivity index (χ3n) is 2.27. The number of hydrogen-bond acceptors (Lipinski definition) is 3. The number of alkyl halides is 3. The molecule has 6 heteroatoms. The van der Waals surface area contributed by atoms with Crippen LogP contribution in [0, 0.1) is 0 Å². The van der Waals surface area contributed by atoms with Crippen LogP contribution < -0.4 is 5.73 Å². The van der Waals surface area contributed by atoms with Crippen molar-refractivity contribution < 1.29 is 22.7 Å². The molecule has 1 aromatic carbocycles. The van der Waals surface area contributed by atoms with Crippen LogP contribution in [0.4, 0.5) is 13.2 Å². The number of methoxy groups -OCH3 is 1. The van der Waals surface area contributed by atoms with Gasteiger partial charge >= 0.3 is 12.1 Å². The van der Waals surface area contributed by atoms with Gasteiger partial charge in [0.15, 0.2) is 0 Å². The van der Waals surface area contributed by atoms with Crippen LogP contribution >= 0.6 is 0 Å². The molecule has 3 nitrogen and oxygen atoms in total. The number of esters is 1. The normalized spacial score (nSPS) is 13.3. The summed E-state index contributed by atoms with van der Waals surface area (Å²) in [5.74, 6) is -0.694. The fourth-order valence-electron chi connectivity index (χ4n) is 1.44. The van der Waals surface area contributed by atoms with Crippen molar-refractivity contribution in [2.45, 2.75) is 19.1 Å². The van der Waals surface area contributed by atoms with Crippen LogP contribution in [0.2, 0.25) is 0 Å². The molecule has 0 aliphatic rings. The molecular weight excluding hydrogens is 235 g/mol. The molecule has 1 unspecified atom stereocenters. The summed E-state index contributed by atoms with van der Waals surface area (Å²) >= 11 is 0. The lowest BCUT2D eigenvalue weighted by atomic mass is 9.98. The van der Waals surface area contributed by atoms with Crippen molar-refractivity contribution in [2.24, 2.45) is 5.73 Å². The number of hydrogen-bond donors (Lipinski definition) is 1. The molecule has 0 saturated heterocycles. The summed E-state index contributed by atoms with van der Waals surface area (Å²) < 4.78 is 42.4. The quantitative estimate of drug-likeness (QED) is 0.817. The van der Waals surface area contributed by atoms with E-state index >= 15 is 0 Å². The maximum atomic E-state index is 12.7. The van der Waals surface area contributed by atoms with Crippen molar-refractivity contribution in [3.8, 4) is 0 Å². The van der Waals surface area contributed by atoms with Gasteiger partial charge in [0.2, 0.25) is 0 Å². The molecule has 1 atom stereocenters. The number of carbonyl (C=O) groups is 1. The maximum Gasteiger partial charge on any atom is 0.416 e. The molecule has 0 radical (unpaired) electrons. The summed E-state index contributed by atoms with van der Waals surface area (Å²) in [4.78, 5) is 11.2. The number of nitrogens with two attached hydrogens (primary N) is 1. The van der Waals surface area contributed by atoms with E-state index in [2.05, 4.69) is 4.74 Å². The van der Waals surface area contributed by atoms with Gasteiger partial charge in [-0.25, -0.2) is 4.79 Å². The van der Waals surface area contributed by atoms with Gasteiger partial charge in [-0.05, 0) is 30.7 Å². The van der Waals surface area contributed by atoms with Crippen molar-refractivity contribution in [3.63, 3.8) is 0 Å². The van der Waals surface area contributed by atoms with Gasteiger partial charge in [0, 0.05) is 6.04 Å². The third-order valence-corrected chi connectivity index (χ3v) is 2.27. The molecule has 0 fully saturated rings. The molecule has 0 spiro atoms. The molecule has 0 aromatic heterocycles. The van der Waals surface area contributed by atoms with Gasteiger partial charge in [0.25, 0.3) is 0 Å². The summed E-state index contributed by atoms with van der Waals surface area (Å²) in [6, 6.07) is 2.20. The predicted molar refractivity (Wildman–Crippen MR) is 55.4 cm³/mol. The first kappa shape index (κ1) is 13.5. The molecule has 17 heavy (non-hydrogen) atoms. The first-order chi connectivity index (χ1) is 7.77. The summed E-state index contributed by atoms with van der Waals surface area (Å²) in [6.45, 7) is 1.42. The van der Waals surface area contributed by atoms with Crippen LogP contribution in [0.15, 0.2) is 18.2 Å². The van der Waals surface area contributed by atoms with Crippen molar-refractivity contribution in [2.75, 3.05) is 7.11 Å². The molecular formula is C11H12F3NO2. The van der Waals surface area contributed by atoms with Crippen molar-refractivity contribution >= 4 is 5.97 Å². The molecule has 2 N–H and O–H groups in total. The Morgan fingerprint density at radius 1 is 1.41 bits per heavy atom. The Balaban J connectivity index is 3.32. The Labute approximate surface area is 96.4 Å². The molecule has 0 heterocycles. The van der Waals surface area contributed by atoms with Crippen molar-refractivity contribution in [3.05, 3.63) is 34.9 Å². The standard InChI is InChI=1S/C11H12F3NO2/c1-6(15)8-5-7(10(16)17-2)3-4-9(8)11(12,13)14/h3-6H,15H2,1-2H3.